The average Bonchev–Trinajstić information content (AvgIpc) is 2.82. The van der Waals surface area contributed by atoms with Gasteiger partial charge >= 0.3 is 0 Å². The standard InChI is InChI=1S/C13H17ClN4S/c1-3-18-13(10(14)8-16-18)12(17-15)9-6-4-5-7-11(9)19-2/h4-8,12,17H,3,15H2,1-2H3. The van der Waals surface area contributed by atoms with E-state index in [0.29, 0.717) is 5.02 Å². The van der Waals surface area contributed by atoms with E-state index in [9.17, 15) is 0 Å². The molecule has 1 atom stereocenters. The highest BCUT2D eigenvalue weighted by Crippen LogP contribution is 2.32. The number of halogens is 1. The molecule has 0 radical (unpaired) electrons. The molecule has 0 saturated carbocycles. The summed E-state index contributed by atoms with van der Waals surface area (Å²) >= 11 is 7.94. The fourth-order valence-electron chi connectivity index (χ4n) is 2.13. The van der Waals surface area contributed by atoms with Gasteiger partial charge in [0.15, 0.2) is 0 Å². The van der Waals surface area contributed by atoms with E-state index >= 15 is 0 Å². The molecule has 19 heavy (non-hydrogen) atoms. The lowest BCUT2D eigenvalue weighted by Gasteiger charge is -2.20. The second-order valence-electron chi connectivity index (χ2n) is 4.04. The van der Waals surface area contributed by atoms with E-state index in [1.165, 1.54) is 4.90 Å². The van der Waals surface area contributed by atoms with Gasteiger partial charge in [0.1, 0.15) is 0 Å². The van der Waals surface area contributed by atoms with Crippen LogP contribution in [0.2, 0.25) is 5.02 Å². The van der Waals surface area contributed by atoms with Crippen molar-refractivity contribution in [2.45, 2.75) is 24.4 Å². The topological polar surface area (TPSA) is 55.9 Å². The van der Waals surface area contributed by atoms with Crippen LogP contribution in [0.5, 0.6) is 0 Å². The molecule has 0 amide bonds. The van der Waals surface area contributed by atoms with Gasteiger partial charge in [0.05, 0.1) is 23.0 Å². The summed E-state index contributed by atoms with van der Waals surface area (Å²) in [6.07, 6.45) is 3.71. The largest absolute Gasteiger partial charge is 0.271 e. The van der Waals surface area contributed by atoms with Crippen LogP contribution in [0.3, 0.4) is 0 Å². The zero-order valence-corrected chi connectivity index (χ0v) is 12.5. The molecule has 2 aromatic rings. The van der Waals surface area contributed by atoms with Crippen LogP contribution in [0, 0.1) is 0 Å². The van der Waals surface area contributed by atoms with E-state index in [1.54, 1.807) is 18.0 Å². The molecule has 0 fully saturated rings. The van der Waals surface area contributed by atoms with Gasteiger partial charge < -0.3 is 0 Å². The molecular formula is C13H17ClN4S. The molecule has 1 heterocycles. The lowest BCUT2D eigenvalue weighted by atomic mass is 10.0. The first-order valence-electron chi connectivity index (χ1n) is 6.03. The second-order valence-corrected chi connectivity index (χ2v) is 5.29. The van der Waals surface area contributed by atoms with Crippen molar-refractivity contribution in [3.63, 3.8) is 0 Å². The zero-order valence-electron chi connectivity index (χ0n) is 10.9. The predicted octanol–water partition coefficient (Wildman–Crippen LogP) is 2.83. The van der Waals surface area contributed by atoms with Crippen molar-refractivity contribution in [2.24, 2.45) is 5.84 Å². The van der Waals surface area contributed by atoms with Crippen molar-refractivity contribution in [1.29, 1.82) is 0 Å². The predicted molar refractivity (Wildman–Crippen MR) is 80.3 cm³/mol. The van der Waals surface area contributed by atoms with Crippen LogP contribution in [-0.4, -0.2) is 16.0 Å². The van der Waals surface area contributed by atoms with E-state index in [2.05, 4.69) is 22.7 Å². The maximum absolute atomic E-state index is 6.26. The Morgan fingerprint density at radius 2 is 2.21 bits per heavy atom. The highest BCUT2D eigenvalue weighted by atomic mass is 35.5. The third-order valence-corrected chi connectivity index (χ3v) is 4.13. The maximum atomic E-state index is 6.26. The molecule has 0 spiro atoms. The minimum atomic E-state index is -0.168. The van der Waals surface area contributed by atoms with Crippen LogP contribution in [0.25, 0.3) is 0 Å². The van der Waals surface area contributed by atoms with Crippen LogP contribution in [0.4, 0.5) is 0 Å². The van der Waals surface area contributed by atoms with Crippen LogP contribution in [0.15, 0.2) is 35.4 Å². The first-order chi connectivity index (χ1) is 9.22. The molecule has 3 N–H and O–H groups in total. The summed E-state index contributed by atoms with van der Waals surface area (Å²) in [6.45, 7) is 2.78. The normalized spacial score (nSPS) is 12.6. The first-order valence-corrected chi connectivity index (χ1v) is 7.63. The summed E-state index contributed by atoms with van der Waals surface area (Å²) in [4.78, 5) is 1.17. The molecule has 1 aromatic heterocycles. The number of benzene rings is 1. The quantitative estimate of drug-likeness (QED) is 0.506. The van der Waals surface area contributed by atoms with E-state index < -0.39 is 0 Å². The number of aromatic nitrogens is 2. The number of nitrogens with zero attached hydrogens (tertiary/aromatic N) is 2. The van der Waals surface area contributed by atoms with Gasteiger partial charge in [-0.15, -0.1) is 11.8 Å². The Balaban J connectivity index is 2.53. The number of hydrogen-bond acceptors (Lipinski definition) is 4. The molecule has 102 valence electrons. The molecule has 0 aliphatic rings. The molecule has 1 unspecified atom stereocenters. The number of nitrogens with one attached hydrogen (secondary N) is 1. The Morgan fingerprint density at radius 3 is 2.84 bits per heavy atom. The van der Waals surface area contributed by atoms with Gasteiger partial charge in [-0.3, -0.25) is 10.5 Å². The lowest BCUT2D eigenvalue weighted by Crippen LogP contribution is -2.31. The van der Waals surface area contributed by atoms with E-state index in [-0.39, 0.29) is 6.04 Å². The monoisotopic (exact) mass is 296 g/mol. The zero-order chi connectivity index (χ0) is 13.8. The highest BCUT2D eigenvalue weighted by Gasteiger charge is 2.22. The second kappa shape index (κ2) is 6.43. The van der Waals surface area contributed by atoms with Crippen LogP contribution in [0.1, 0.15) is 24.2 Å². The molecule has 0 aliphatic carbocycles. The Labute approximate surface area is 122 Å². The third-order valence-electron chi connectivity index (χ3n) is 3.02. The summed E-state index contributed by atoms with van der Waals surface area (Å²) in [5, 5.41) is 4.89. The van der Waals surface area contributed by atoms with Gasteiger partial charge in [-0.25, -0.2) is 5.43 Å². The SMILES string of the molecule is CCn1ncc(Cl)c1C(NN)c1ccccc1SC. The maximum Gasteiger partial charge on any atom is 0.0904 e. The summed E-state index contributed by atoms with van der Waals surface area (Å²) in [6, 6.07) is 7.98. The van der Waals surface area contributed by atoms with Crippen molar-refractivity contribution < 1.29 is 0 Å². The smallest absolute Gasteiger partial charge is 0.0904 e. The molecule has 0 aliphatic heterocycles. The molecule has 0 saturated heterocycles. The number of rotatable bonds is 5. The highest BCUT2D eigenvalue weighted by molar-refractivity contribution is 7.98. The van der Waals surface area contributed by atoms with Crippen molar-refractivity contribution in [3.05, 3.63) is 46.7 Å². The van der Waals surface area contributed by atoms with E-state index in [1.807, 2.05) is 30.0 Å². The minimum Gasteiger partial charge on any atom is -0.271 e. The number of hydrazine groups is 1. The summed E-state index contributed by atoms with van der Waals surface area (Å²) < 4.78 is 1.87. The Kier molecular flexibility index (Phi) is 4.87. The number of nitrogens with two attached hydrogens (primary N) is 1. The average molecular weight is 297 g/mol. The number of thioether (sulfide) groups is 1. The lowest BCUT2D eigenvalue weighted by molar-refractivity contribution is 0.539. The Bertz CT molecular complexity index is 555. The van der Waals surface area contributed by atoms with Crippen molar-refractivity contribution in [2.75, 3.05) is 6.26 Å². The fourth-order valence-corrected chi connectivity index (χ4v) is 3.02. The van der Waals surface area contributed by atoms with Crippen LogP contribution < -0.4 is 11.3 Å². The number of aryl methyl sites for hydroxylation is 1. The molecule has 2 rings (SSSR count). The molecule has 0 bridgehead atoms. The van der Waals surface area contributed by atoms with Crippen LogP contribution >= 0.6 is 23.4 Å². The first kappa shape index (κ1) is 14.4. The minimum absolute atomic E-state index is 0.168. The van der Waals surface area contributed by atoms with Gasteiger partial charge in [-0.1, -0.05) is 29.8 Å². The summed E-state index contributed by atoms with van der Waals surface area (Å²) in [5.41, 5.74) is 4.85. The van der Waals surface area contributed by atoms with Gasteiger partial charge in [0.25, 0.3) is 0 Å². The Morgan fingerprint density at radius 1 is 1.47 bits per heavy atom. The summed E-state index contributed by atoms with van der Waals surface area (Å²) in [7, 11) is 0. The van der Waals surface area contributed by atoms with Crippen molar-refractivity contribution in [1.82, 2.24) is 15.2 Å². The number of hydrogen-bond donors (Lipinski definition) is 2. The fraction of sp³-hybridized carbons (Fsp3) is 0.308. The molecular weight excluding hydrogens is 280 g/mol. The third kappa shape index (κ3) is 2.79. The van der Waals surface area contributed by atoms with E-state index in [0.717, 1.165) is 17.8 Å². The van der Waals surface area contributed by atoms with Gasteiger partial charge in [0.2, 0.25) is 0 Å². The van der Waals surface area contributed by atoms with Crippen molar-refractivity contribution in [3.8, 4) is 0 Å². The van der Waals surface area contributed by atoms with E-state index in [4.69, 9.17) is 17.4 Å². The molecule has 4 nitrogen and oxygen atoms in total. The van der Waals surface area contributed by atoms with Gasteiger partial charge in [0, 0.05) is 11.4 Å². The van der Waals surface area contributed by atoms with Crippen LogP contribution in [-0.2, 0) is 6.54 Å². The van der Waals surface area contributed by atoms with Gasteiger partial charge in [-0.2, -0.15) is 5.10 Å². The summed E-state index contributed by atoms with van der Waals surface area (Å²) in [5.74, 6) is 5.75. The van der Waals surface area contributed by atoms with Gasteiger partial charge in [-0.05, 0) is 24.8 Å². The molecule has 1 aromatic carbocycles. The Hall–Kier alpha value is -1.01. The van der Waals surface area contributed by atoms with Crippen molar-refractivity contribution >= 4 is 23.4 Å². The molecule has 6 heteroatoms.